The zero-order chi connectivity index (χ0) is 10.7. The summed E-state index contributed by atoms with van der Waals surface area (Å²) in [5.41, 5.74) is 0. The molecular formula is C10H12BrNO3. The van der Waals surface area contributed by atoms with Gasteiger partial charge in [0.1, 0.15) is 0 Å². The summed E-state index contributed by atoms with van der Waals surface area (Å²) in [6.07, 6.45) is 1.96. The molecule has 1 unspecified atom stereocenters. The van der Waals surface area contributed by atoms with E-state index in [1.165, 1.54) is 0 Å². The van der Waals surface area contributed by atoms with Crippen molar-refractivity contribution in [2.24, 2.45) is 0 Å². The zero-order valence-corrected chi connectivity index (χ0v) is 9.75. The largest absolute Gasteiger partial charge is 0.444 e. The number of halogens is 1. The average Bonchev–Trinajstić information content (AvgIpc) is 2.66. The predicted molar refractivity (Wildman–Crippen MR) is 57.7 cm³/mol. The van der Waals surface area contributed by atoms with Crippen LogP contribution in [-0.2, 0) is 4.74 Å². The molecule has 0 saturated carbocycles. The van der Waals surface area contributed by atoms with Gasteiger partial charge in [-0.2, -0.15) is 0 Å². The van der Waals surface area contributed by atoms with Gasteiger partial charge in [0.2, 0.25) is 0 Å². The smallest absolute Gasteiger partial charge is 0.287 e. The van der Waals surface area contributed by atoms with Crippen molar-refractivity contribution in [1.29, 1.82) is 0 Å². The summed E-state index contributed by atoms with van der Waals surface area (Å²) in [5.74, 6) is 0.142. The molecule has 1 saturated heterocycles. The summed E-state index contributed by atoms with van der Waals surface area (Å²) < 4.78 is 11.0. The Kier molecular flexibility index (Phi) is 3.43. The molecule has 2 rings (SSSR count). The van der Waals surface area contributed by atoms with Gasteiger partial charge >= 0.3 is 0 Å². The molecule has 1 aliphatic rings. The van der Waals surface area contributed by atoms with E-state index >= 15 is 0 Å². The van der Waals surface area contributed by atoms with Crippen molar-refractivity contribution >= 4 is 21.8 Å². The van der Waals surface area contributed by atoms with Gasteiger partial charge in [-0.05, 0) is 40.9 Å². The summed E-state index contributed by atoms with van der Waals surface area (Å²) in [6.45, 7) is 1.38. The zero-order valence-electron chi connectivity index (χ0n) is 8.16. The Labute approximate surface area is 96.1 Å². The first-order chi connectivity index (χ1) is 7.25. The maximum Gasteiger partial charge on any atom is 0.287 e. The summed E-state index contributed by atoms with van der Waals surface area (Å²) >= 11 is 3.15. The molecule has 0 radical (unpaired) electrons. The Morgan fingerprint density at radius 3 is 3.00 bits per heavy atom. The number of hydrogen-bond donors (Lipinski definition) is 1. The molecule has 5 heteroatoms. The molecule has 0 bridgehead atoms. The minimum atomic E-state index is -0.184. The highest BCUT2D eigenvalue weighted by Gasteiger charge is 2.18. The van der Waals surface area contributed by atoms with Crippen LogP contribution in [-0.4, -0.2) is 25.2 Å². The first-order valence-electron chi connectivity index (χ1n) is 4.89. The van der Waals surface area contributed by atoms with E-state index in [1.54, 1.807) is 12.1 Å². The molecular weight excluding hydrogens is 262 g/mol. The minimum Gasteiger partial charge on any atom is -0.444 e. The molecule has 1 aliphatic heterocycles. The molecule has 1 amide bonds. The first-order valence-corrected chi connectivity index (χ1v) is 5.69. The van der Waals surface area contributed by atoms with Gasteiger partial charge < -0.3 is 14.5 Å². The molecule has 1 aromatic rings. The van der Waals surface area contributed by atoms with E-state index in [-0.39, 0.29) is 11.9 Å². The van der Waals surface area contributed by atoms with Crippen LogP contribution in [0.15, 0.2) is 21.2 Å². The topological polar surface area (TPSA) is 51.5 Å². The summed E-state index contributed by atoms with van der Waals surface area (Å²) in [4.78, 5) is 11.6. The minimum absolute atomic E-state index is 0.107. The quantitative estimate of drug-likeness (QED) is 0.896. The van der Waals surface area contributed by atoms with E-state index in [9.17, 15) is 4.79 Å². The Balaban J connectivity index is 1.91. The van der Waals surface area contributed by atoms with Gasteiger partial charge in [-0.15, -0.1) is 0 Å². The van der Waals surface area contributed by atoms with Crippen molar-refractivity contribution in [2.45, 2.75) is 18.9 Å². The van der Waals surface area contributed by atoms with Crippen molar-refractivity contribution in [3.63, 3.8) is 0 Å². The van der Waals surface area contributed by atoms with Gasteiger partial charge in [-0.25, -0.2) is 0 Å². The monoisotopic (exact) mass is 273 g/mol. The van der Waals surface area contributed by atoms with Crippen LogP contribution in [0.4, 0.5) is 0 Å². The van der Waals surface area contributed by atoms with Gasteiger partial charge in [0.05, 0.1) is 12.6 Å². The lowest BCUT2D eigenvalue weighted by Gasteiger charge is -2.22. The number of furan rings is 1. The lowest BCUT2D eigenvalue weighted by atomic mass is 10.1. The third kappa shape index (κ3) is 2.82. The molecule has 1 atom stereocenters. The van der Waals surface area contributed by atoms with E-state index in [1.807, 2.05) is 0 Å². The molecule has 4 nitrogen and oxygen atoms in total. The third-order valence-electron chi connectivity index (χ3n) is 2.29. The fraction of sp³-hybridized carbons (Fsp3) is 0.500. The SMILES string of the molecule is O=C(NC1CCCOC1)c1ccc(Br)o1. The lowest BCUT2D eigenvalue weighted by Crippen LogP contribution is -2.40. The number of carbonyl (C=O) groups excluding carboxylic acids is 1. The normalized spacial score (nSPS) is 21.3. The van der Waals surface area contributed by atoms with Gasteiger partial charge in [-0.1, -0.05) is 0 Å². The first kappa shape index (κ1) is 10.7. The van der Waals surface area contributed by atoms with Gasteiger partial charge in [0.25, 0.3) is 5.91 Å². The maximum absolute atomic E-state index is 11.6. The van der Waals surface area contributed by atoms with Gasteiger partial charge in [0.15, 0.2) is 10.4 Å². The highest BCUT2D eigenvalue weighted by atomic mass is 79.9. The highest BCUT2D eigenvalue weighted by molar-refractivity contribution is 9.10. The second-order valence-corrected chi connectivity index (χ2v) is 4.27. The standard InChI is InChI=1S/C10H12BrNO3/c11-9-4-3-8(15-9)10(13)12-7-2-1-5-14-6-7/h3-4,7H,1-2,5-6H2,(H,12,13). The number of rotatable bonds is 2. The Morgan fingerprint density at radius 1 is 1.53 bits per heavy atom. The number of nitrogens with one attached hydrogen (secondary N) is 1. The van der Waals surface area contributed by atoms with E-state index < -0.39 is 0 Å². The molecule has 0 aliphatic carbocycles. The number of carbonyl (C=O) groups is 1. The highest BCUT2D eigenvalue weighted by Crippen LogP contribution is 2.14. The Morgan fingerprint density at radius 2 is 2.40 bits per heavy atom. The molecule has 1 N–H and O–H groups in total. The van der Waals surface area contributed by atoms with E-state index in [0.717, 1.165) is 19.4 Å². The van der Waals surface area contributed by atoms with E-state index in [4.69, 9.17) is 9.15 Å². The van der Waals surface area contributed by atoms with E-state index in [0.29, 0.717) is 17.0 Å². The molecule has 1 fully saturated rings. The molecule has 2 heterocycles. The van der Waals surface area contributed by atoms with Crippen molar-refractivity contribution in [2.75, 3.05) is 13.2 Å². The maximum atomic E-state index is 11.6. The summed E-state index contributed by atoms with van der Waals surface area (Å²) in [7, 11) is 0. The Bertz CT molecular complexity index is 344. The second kappa shape index (κ2) is 4.81. The second-order valence-electron chi connectivity index (χ2n) is 3.49. The Hall–Kier alpha value is -0.810. The van der Waals surface area contributed by atoms with Crippen molar-refractivity contribution < 1.29 is 13.9 Å². The van der Waals surface area contributed by atoms with Crippen molar-refractivity contribution in [1.82, 2.24) is 5.32 Å². The number of amides is 1. The van der Waals surface area contributed by atoms with Crippen LogP contribution in [0.5, 0.6) is 0 Å². The van der Waals surface area contributed by atoms with Crippen molar-refractivity contribution in [3.05, 3.63) is 22.6 Å². The molecule has 15 heavy (non-hydrogen) atoms. The van der Waals surface area contributed by atoms with Crippen LogP contribution < -0.4 is 5.32 Å². The molecule has 0 aromatic carbocycles. The lowest BCUT2D eigenvalue weighted by molar-refractivity contribution is 0.0611. The van der Waals surface area contributed by atoms with Crippen LogP contribution in [0.3, 0.4) is 0 Å². The van der Waals surface area contributed by atoms with Crippen LogP contribution in [0.25, 0.3) is 0 Å². The number of ether oxygens (including phenoxy) is 1. The van der Waals surface area contributed by atoms with Crippen LogP contribution in [0.2, 0.25) is 0 Å². The summed E-state index contributed by atoms with van der Waals surface area (Å²) in [6, 6.07) is 3.45. The molecule has 1 aromatic heterocycles. The van der Waals surface area contributed by atoms with E-state index in [2.05, 4.69) is 21.2 Å². The fourth-order valence-electron chi connectivity index (χ4n) is 1.55. The number of hydrogen-bond acceptors (Lipinski definition) is 3. The molecule has 0 spiro atoms. The molecule has 82 valence electrons. The predicted octanol–water partition coefficient (Wildman–Crippen LogP) is 1.95. The fourth-order valence-corrected chi connectivity index (χ4v) is 1.85. The van der Waals surface area contributed by atoms with Crippen LogP contribution in [0.1, 0.15) is 23.4 Å². The van der Waals surface area contributed by atoms with Gasteiger partial charge in [0, 0.05) is 6.61 Å². The van der Waals surface area contributed by atoms with Crippen LogP contribution >= 0.6 is 15.9 Å². The van der Waals surface area contributed by atoms with Crippen LogP contribution in [0, 0.1) is 0 Å². The average molecular weight is 274 g/mol. The van der Waals surface area contributed by atoms with Crippen molar-refractivity contribution in [3.8, 4) is 0 Å². The summed E-state index contributed by atoms with van der Waals surface area (Å²) in [5, 5.41) is 2.87. The third-order valence-corrected chi connectivity index (χ3v) is 2.72. The van der Waals surface area contributed by atoms with Gasteiger partial charge in [-0.3, -0.25) is 4.79 Å².